The summed E-state index contributed by atoms with van der Waals surface area (Å²) in [4.78, 5) is 45.5. The van der Waals surface area contributed by atoms with Crippen molar-refractivity contribution in [2.75, 3.05) is 31.6 Å². The summed E-state index contributed by atoms with van der Waals surface area (Å²) in [6.45, 7) is 10.5. The van der Waals surface area contributed by atoms with Gasteiger partial charge in [-0.3, -0.25) is 14.4 Å². The Morgan fingerprint density at radius 2 is 1.67 bits per heavy atom. The summed E-state index contributed by atoms with van der Waals surface area (Å²) < 4.78 is 6.87. The maximum atomic E-state index is 13.1. The van der Waals surface area contributed by atoms with E-state index in [-0.39, 0.29) is 22.8 Å². The van der Waals surface area contributed by atoms with Gasteiger partial charge in [0.25, 0.3) is 11.5 Å². The third-order valence-corrected chi connectivity index (χ3v) is 8.31. The van der Waals surface area contributed by atoms with Crippen molar-refractivity contribution in [3.63, 3.8) is 0 Å². The molecule has 1 saturated heterocycles. The second kappa shape index (κ2) is 13.2. The number of carbonyl (C=O) groups excluding carboxylic acids is 2. The molecule has 1 aliphatic heterocycles. The highest BCUT2D eigenvalue weighted by Gasteiger charge is 2.24. The molecule has 9 heteroatoms. The normalized spacial score (nSPS) is 14.2. The smallest absolute Gasteiger partial charge is 0.272 e. The summed E-state index contributed by atoms with van der Waals surface area (Å²) in [5, 5.41) is 3.04. The van der Waals surface area contributed by atoms with Gasteiger partial charge in [-0.25, -0.2) is 4.98 Å². The molecule has 2 amide bonds. The fourth-order valence-electron chi connectivity index (χ4n) is 5.44. The van der Waals surface area contributed by atoms with Crippen LogP contribution < -0.4 is 16.6 Å². The summed E-state index contributed by atoms with van der Waals surface area (Å²) in [5.74, 6) is -0.318. The van der Waals surface area contributed by atoms with E-state index in [4.69, 9.17) is 15.5 Å². The summed E-state index contributed by atoms with van der Waals surface area (Å²) >= 11 is 0. The first-order valence-corrected chi connectivity index (χ1v) is 15.2. The number of nitrogens with zero attached hydrogens (tertiary/aromatic N) is 3. The third kappa shape index (κ3) is 7.21. The van der Waals surface area contributed by atoms with Crippen molar-refractivity contribution in [2.45, 2.75) is 45.6 Å². The van der Waals surface area contributed by atoms with Crippen LogP contribution in [0.15, 0.2) is 77.7 Å². The summed E-state index contributed by atoms with van der Waals surface area (Å²) in [6, 6.07) is 20.0. The van der Waals surface area contributed by atoms with Gasteiger partial charge in [0.1, 0.15) is 11.7 Å². The number of anilines is 1. The summed E-state index contributed by atoms with van der Waals surface area (Å²) in [5.41, 5.74) is 12.8. The molecule has 2 heterocycles. The summed E-state index contributed by atoms with van der Waals surface area (Å²) in [6.07, 6.45) is 2.03. The molecule has 0 bridgehead atoms. The number of carbonyl (C=O) groups is 2. The Morgan fingerprint density at radius 1 is 1.00 bits per heavy atom. The molecular weight excluding hydrogens is 566 g/mol. The van der Waals surface area contributed by atoms with Crippen LogP contribution in [0, 0.1) is 6.92 Å². The van der Waals surface area contributed by atoms with Gasteiger partial charge in [-0.15, -0.1) is 0 Å². The fraction of sp³-hybridized carbons (Fsp3) is 0.333. The minimum Gasteiger partial charge on any atom is -0.378 e. The largest absolute Gasteiger partial charge is 0.378 e. The Bertz CT molecular complexity index is 1750. The van der Waals surface area contributed by atoms with Gasteiger partial charge in [0.2, 0.25) is 5.91 Å². The van der Waals surface area contributed by atoms with Gasteiger partial charge in [0.05, 0.1) is 18.9 Å². The van der Waals surface area contributed by atoms with E-state index in [2.05, 4.69) is 26.1 Å². The zero-order valence-electron chi connectivity index (χ0n) is 26.6. The zero-order valence-corrected chi connectivity index (χ0v) is 26.6. The molecule has 1 aromatic heterocycles. The van der Waals surface area contributed by atoms with Gasteiger partial charge in [0.15, 0.2) is 0 Å². The van der Waals surface area contributed by atoms with Gasteiger partial charge in [-0.2, -0.15) is 0 Å². The van der Waals surface area contributed by atoms with Crippen LogP contribution in [0.25, 0.3) is 11.3 Å². The van der Waals surface area contributed by atoms with Crippen molar-refractivity contribution >= 4 is 17.5 Å². The molecule has 9 nitrogen and oxygen atoms in total. The van der Waals surface area contributed by atoms with E-state index < -0.39 is 6.04 Å². The quantitative estimate of drug-likeness (QED) is 0.313. The predicted molar refractivity (Wildman–Crippen MR) is 176 cm³/mol. The van der Waals surface area contributed by atoms with Gasteiger partial charge in [-0.05, 0) is 52.8 Å². The molecule has 3 aromatic carbocycles. The van der Waals surface area contributed by atoms with E-state index >= 15 is 0 Å². The molecule has 45 heavy (non-hydrogen) atoms. The lowest BCUT2D eigenvalue weighted by Crippen LogP contribution is -2.45. The van der Waals surface area contributed by atoms with Crippen LogP contribution in [0.1, 0.15) is 65.1 Å². The Balaban J connectivity index is 1.34. The molecule has 0 aliphatic carbocycles. The van der Waals surface area contributed by atoms with Crippen LogP contribution in [0.3, 0.4) is 0 Å². The van der Waals surface area contributed by atoms with Gasteiger partial charge in [-0.1, -0.05) is 69.3 Å². The van der Waals surface area contributed by atoms with Crippen molar-refractivity contribution in [2.24, 2.45) is 12.8 Å². The van der Waals surface area contributed by atoms with E-state index in [0.29, 0.717) is 60.9 Å². The molecule has 1 aliphatic rings. The third-order valence-electron chi connectivity index (χ3n) is 8.31. The molecule has 234 valence electrons. The lowest BCUT2D eigenvalue weighted by Gasteiger charge is -2.29. The van der Waals surface area contributed by atoms with E-state index in [1.54, 1.807) is 18.1 Å². The SMILES string of the molecule is Cc1c(NC(=O)c2ccc(C(C)(C)C)cc2)cccc1-c1cn(C)c(=O)c(Cc2ccc(C(N)C(=O)N3CCOCC3)cc2)n1. The highest BCUT2D eigenvalue weighted by atomic mass is 16.5. The molecule has 4 aromatic rings. The molecule has 0 spiro atoms. The van der Waals surface area contributed by atoms with Crippen LogP contribution in [0.4, 0.5) is 5.69 Å². The fourth-order valence-corrected chi connectivity index (χ4v) is 5.44. The first-order chi connectivity index (χ1) is 21.4. The molecule has 1 unspecified atom stereocenters. The first kappa shape index (κ1) is 31.8. The Kier molecular flexibility index (Phi) is 9.32. The zero-order chi connectivity index (χ0) is 32.3. The molecule has 5 rings (SSSR count). The number of benzene rings is 3. The number of morpholine rings is 1. The number of aryl methyl sites for hydroxylation is 1. The lowest BCUT2D eigenvalue weighted by atomic mass is 9.86. The van der Waals surface area contributed by atoms with E-state index in [9.17, 15) is 14.4 Å². The Hall–Kier alpha value is -4.60. The molecule has 0 radical (unpaired) electrons. The summed E-state index contributed by atoms with van der Waals surface area (Å²) in [7, 11) is 1.71. The second-order valence-electron chi connectivity index (χ2n) is 12.6. The Labute approximate surface area is 264 Å². The number of ether oxygens (including phenoxy) is 1. The van der Waals surface area contributed by atoms with Crippen LogP contribution in [-0.4, -0.2) is 52.6 Å². The van der Waals surface area contributed by atoms with E-state index in [1.807, 2.05) is 73.7 Å². The van der Waals surface area contributed by atoms with E-state index in [0.717, 1.165) is 22.3 Å². The van der Waals surface area contributed by atoms with Gasteiger partial charge in [0, 0.05) is 49.6 Å². The number of rotatable bonds is 7. The highest BCUT2D eigenvalue weighted by Crippen LogP contribution is 2.28. The number of amides is 2. The standard InChI is InChI=1S/C36H41N5O4/c1-23-28(7-6-8-29(23)39-33(42)26-13-15-27(16-14-26)36(2,3)4)31-22-40(5)34(43)30(38-31)21-24-9-11-25(12-10-24)32(37)35(44)41-17-19-45-20-18-41/h6-16,22,32H,17-21,37H2,1-5H3,(H,39,42). The van der Waals surface area contributed by atoms with Gasteiger partial charge < -0.3 is 25.3 Å². The minimum atomic E-state index is -0.759. The molecule has 3 N–H and O–H groups in total. The van der Waals surface area contributed by atoms with Crippen LogP contribution in [0.5, 0.6) is 0 Å². The topological polar surface area (TPSA) is 120 Å². The predicted octanol–water partition coefficient (Wildman–Crippen LogP) is 4.75. The molecule has 0 saturated carbocycles. The van der Waals surface area contributed by atoms with Crippen LogP contribution in [0.2, 0.25) is 0 Å². The number of nitrogens with one attached hydrogen (secondary N) is 1. The number of nitrogens with two attached hydrogens (primary N) is 1. The van der Waals surface area contributed by atoms with Crippen molar-refractivity contribution < 1.29 is 14.3 Å². The molecule has 1 atom stereocenters. The van der Waals surface area contributed by atoms with Crippen molar-refractivity contribution in [3.8, 4) is 11.3 Å². The second-order valence-corrected chi connectivity index (χ2v) is 12.6. The maximum absolute atomic E-state index is 13.1. The average molecular weight is 608 g/mol. The highest BCUT2D eigenvalue weighted by molar-refractivity contribution is 6.05. The average Bonchev–Trinajstić information content (AvgIpc) is 3.04. The number of aromatic nitrogens is 2. The van der Waals surface area contributed by atoms with Gasteiger partial charge >= 0.3 is 0 Å². The van der Waals surface area contributed by atoms with Crippen LogP contribution in [-0.2, 0) is 28.4 Å². The first-order valence-electron chi connectivity index (χ1n) is 15.2. The van der Waals surface area contributed by atoms with Crippen molar-refractivity contribution in [1.29, 1.82) is 0 Å². The Morgan fingerprint density at radius 3 is 2.31 bits per heavy atom. The van der Waals surface area contributed by atoms with Crippen LogP contribution >= 0.6 is 0 Å². The number of hydrogen-bond acceptors (Lipinski definition) is 6. The molecular formula is C36H41N5O4. The lowest BCUT2D eigenvalue weighted by molar-refractivity contribution is -0.136. The van der Waals surface area contributed by atoms with Crippen molar-refractivity contribution in [1.82, 2.24) is 14.5 Å². The number of hydrogen-bond donors (Lipinski definition) is 2. The maximum Gasteiger partial charge on any atom is 0.272 e. The molecule has 1 fully saturated rings. The van der Waals surface area contributed by atoms with Crippen molar-refractivity contribution in [3.05, 3.63) is 117 Å². The minimum absolute atomic E-state index is 0.00209. The van der Waals surface area contributed by atoms with E-state index in [1.165, 1.54) is 4.57 Å². The monoisotopic (exact) mass is 607 g/mol.